The minimum Gasteiger partial charge on any atom is -0.508 e. The lowest BCUT2D eigenvalue weighted by Gasteiger charge is -2.27. The highest BCUT2D eigenvalue weighted by Gasteiger charge is 2.35. The second kappa shape index (κ2) is 6.90. The average molecular weight is 421 g/mol. The summed E-state index contributed by atoms with van der Waals surface area (Å²) in [6, 6.07) is 5.12. The van der Waals surface area contributed by atoms with Crippen LogP contribution in [0.5, 0.6) is 5.75 Å². The summed E-state index contributed by atoms with van der Waals surface area (Å²) in [6.07, 6.45) is -1.46. The monoisotopic (exact) mass is 421 g/mol. The number of aliphatic hydroxyl groups excluding tert-OH is 1. The van der Waals surface area contributed by atoms with E-state index in [4.69, 9.17) is 9.72 Å². The first-order valence-electron chi connectivity index (χ1n) is 10.4. The first-order valence-corrected chi connectivity index (χ1v) is 10.4. The molecule has 8 nitrogen and oxygen atoms in total. The van der Waals surface area contributed by atoms with Gasteiger partial charge in [-0.15, -0.1) is 0 Å². The molecule has 0 saturated heterocycles. The summed E-state index contributed by atoms with van der Waals surface area (Å²) in [5.41, 5.74) is 5.22. The lowest BCUT2D eigenvalue weighted by Crippen LogP contribution is -2.32. The van der Waals surface area contributed by atoms with Crippen molar-refractivity contribution < 1.29 is 19.7 Å². The number of aromatic nitrogens is 2. The number of hydrogen-bond donors (Lipinski definition) is 2. The van der Waals surface area contributed by atoms with Gasteiger partial charge < -0.3 is 19.5 Å². The number of pyridine rings is 2. The van der Waals surface area contributed by atoms with Crippen LogP contribution in [-0.2, 0) is 35.8 Å². The molecule has 1 aromatic carbocycles. The zero-order valence-electron chi connectivity index (χ0n) is 17.6. The first kappa shape index (κ1) is 19.7. The third-order valence-corrected chi connectivity index (χ3v) is 6.18. The molecule has 1 unspecified atom stereocenters. The van der Waals surface area contributed by atoms with Crippen LogP contribution in [0.15, 0.2) is 23.0 Å². The molecule has 1 atom stereocenters. The molecule has 8 heteroatoms. The van der Waals surface area contributed by atoms with Crippen molar-refractivity contribution in [3.63, 3.8) is 0 Å². The van der Waals surface area contributed by atoms with Crippen LogP contribution in [0, 0.1) is 0 Å². The van der Waals surface area contributed by atoms with Crippen LogP contribution in [0.25, 0.3) is 22.3 Å². The van der Waals surface area contributed by atoms with E-state index in [0.29, 0.717) is 42.1 Å². The van der Waals surface area contributed by atoms with Gasteiger partial charge in [-0.05, 0) is 30.8 Å². The number of cyclic esters (lactones) is 1. The van der Waals surface area contributed by atoms with Crippen LogP contribution < -0.4 is 5.56 Å². The number of phenols is 1. The van der Waals surface area contributed by atoms with Crippen LogP contribution in [0.4, 0.5) is 0 Å². The molecule has 2 aromatic heterocycles. The largest absolute Gasteiger partial charge is 0.508 e. The summed E-state index contributed by atoms with van der Waals surface area (Å²) < 4.78 is 6.57. The fraction of sp³-hybridized carbons (Fsp3) is 0.348. The van der Waals surface area contributed by atoms with Gasteiger partial charge in [0.05, 0.1) is 29.0 Å². The Morgan fingerprint density at radius 1 is 1.06 bits per heavy atom. The number of benzene rings is 1. The van der Waals surface area contributed by atoms with Gasteiger partial charge in [0.2, 0.25) is 0 Å². The molecule has 0 fully saturated rings. The Bertz CT molecular complexity index is 1330. The normalized spacial score (nSPS) is 18.6. The van der Waals surface area contributed by atoms with Crippen molar-refractivity contribution >= 4 is 16.9 Å². The quantitative estimate of drug-likeness (QED) is 0.419. The molecule has 3 aliphatic rings. The van der Waals surface area contributed by atoms with Gasteiger partial charge in [-0.25, -0.2) is 9.78 Å². The van der Waals surface area contributed by atoms with Crippen LogP contribution in [0.1, 0.15) is 47.8 Å². The SMILES string of the molecule is CC.CN1Cc2c(O)ccc3nc4c(c(c23)C1)Cn1c-4cc2c(c1=O)COC(=O)C2O. The highest BCUT2D eigenvalue weighted by atomic mass is 16.5. The summed E-state index contributed by atoms with van der Waals surface area (Å²) in [5.74, 6) is -0.502. The van der Waals surface area contributed by atoms with E-state index in [2.05, 4.69) is 4.90 Å². The van der Waals surface area contributed by atoms with E-state index < -0.39 is 12.1 Å². The number of carbonyl (C=O) groups is 1. The standard InChI is InChI=1S/C21H17N3O5.C2H6/c1-23-5-10-11-7-24-15(4-9-13(20(24)27)8-29-21(28)19(9)26)18(11)22-14-2-3-16(25)12(6-23)17(10)14;1-2/h2-4,19,25-26H,5-8H2,1H3;1-2H3. The van der Waals surface area contributed by atoms with E-state index in [1.165, 1.54) is 0 Å². The molecule has 0 aliphatic carbocycles. The molecule has 0 amide bonds. The Balaban J connectivity index is 0.000000994. The van der Waals surface area contributed by atoms with Crippen molar-refractivity contribution in [3.8, 4) is 17.1 Å². The number of carbonyl (C=O) groups excluding carboxylic acids is 1. The van der Waals surface area contributed by atoms with Crippen LogP contribution in [0.2, 0.25) is 0 Å². The molecule has 6 rings (SSSR count). The van der Waals surface area contributed by atoms with Gasteiger partial charge in [0.15, 0.2) is 6.10 Å². The molecule has 0 saturated carbocycles. The van der Waals surface area contributed by atoms with Crippen LogP contribution >= 0.6 is 0 Å². The maximum Gasteiger partial charge on any atom is 0.340 e. The number of aliphatic hydroxyl groups is 1. The number of phenolic OH excluding ortho intramolecular Hbond substituents is 1. The third-order valence-electron chi connectivity index (χ3n) is 6.18. The number of aromatic hydroxyl groups is 1. The Morgan fingerprint density at radius 2 is 1.81 bits per heavy atom. The second-order valence-electron chi connectivity index (χ2n) is 7.91. The van der Waals surface area contributed by atoms with Gasteiger partial charge >= 0.3 is 5.97 Å². The summed E-state index contributed by atoms with van der Waals surface area (Å²) in [4.78, 5) is 31.8. The maximum absolute atomic E-state index is 13.1. The highest BCUT2D eigenvalue weighted by molar-refractivity contribution is 5.93. The number of esters is 1. The summed E-state index contributed by atoms with van der Waals surface area (Å²) in [5, 5.41) is 21.6. The summed E-state index contributed by atoms with van der Waals surface area (Å²) >= 11 is 0. The Kier molecular flexibility index (Phi) is 4.39. The van der Waals surface area contributed by atoms with E-state index in [1.807, 2.05) is 20.9 Å². The smallest absolute Gasteiger partial charge is 0.340 e. The molecular weight excluding hydrogens is 398 g/mol. The Hall–Kier alpha value is -3.23. The molecule has 3 aliphatic heterocycles. The van der Waals surface area contributed by atoms with Crippen LogP contribution in [0.3, 0.4) is 0 Å². The average Bonchev–Trinajstić information content (AvgIpc) is 3.14. The van der Waals surface area contributed by atoms with E-state index in [0.717, 1.165) is 27.6 Å². The number of hydrogen-bond acceptors (Lipinski definition) is 7. The molecule has 0 spiro atoms. The van der Waals surface area contributed by atoms with Crippen molar-refractivity contribution in [3.05, 3.63) is 56.4 Å². The summed E-state index contributed by atoms with van der Waals surface area (Å²) in [6.45, 7) is 5.54. The van der Waals surface area contributed by atoms with Gasteiger partial charge in [-0.3, -0.25) is 9.69 Å². The van der Waals surface area contributed by atoms with Gasteiger partial charge in [-0.1, -0.05) is 13.8 Å². The minimum absolute atomic E-state index is 0.135. The zero-order valence-corrected chi connectivity index (χ0v) is 17.6. The number of fused-ring (bicyclic) bond motifs is 5. The van der Waals surface area contributed by atoms with Gasteiger partial charge in [0, 0.05) is 35.2 Å². The second-order valence-corrected chi connectivity index (χ2v) is 7.91. The van der Waals surface area contributed by atoms with E-state index in [-0.39, 0.29) is 17.9 Å². The van der Waals surface area contributed by atoms with Gasteiger partial charge in [0.1, 0.15) is 12.4 Å². The summed E-state index contributed by atoms with van der Waals surface area (Å²) in [7, 11) is 1.99. The molecule has 0 bridgehead atoms. The zero-order chi connectivity index (χ0) is 22.0. The topological polar surface area (TPSA) is 105 Å². The van der Waals surface area contributed by atoms with Crippen molar-refractivity contribution in [1.29, 1.82) is 0 Å². The molecule has 5 heterocycles. The van der Waals surface area contributed by atoms with Crippen LogP contribution in [-0.4, -0.2) is 37.7 Å². The number of ether oxygens (including phenoxy) is 1. The molecule has 3 aromatic rings. The maximum atomic E-state index is 13.1. The number of rotatable bonds is 0. The molecule has 160 valence electrons. The van der Waals surface area contributed by atoms with Crippen molar-refractivity contribution in [1.82, 2.24) is 14.5 Å². The number of nitrogens with zero attached hydrogens (tertiary/aromatic N) is 3. The molecule has 2 N–H and O–H groups in total. The Morgan fingerprint density at radius 3 is 2.58 bits per heavy atom. The van der Waals surface area contributed by atoms with Crippen molar-refractivity contribution in [2.24, 2.45) is 0 Å². The predicted octanol–water partition coefficient (Wildman–Crippen LogP) is 2.19. The van der Waals surface area contributed by atoms with E-state index in [1.54, 1.807) is 22.8 Å². The molecule has 31 heavy (non-hydrogen) atoms. The van der Waals surface area contributed by atoms with E-state index in [9.17, 15) is 19.8 Å². The predicted molar refractivity (Wildman–Crippen MR) is 113 cm³/mol. The molecule has 0 radical (unpaired) electrons. The highest BCUT2D eigenvalue weighted by Crippen LogP contribution is 2.42. The molecular formula is C23H23N3O5. The lowest BCUT2D eigenvalue weighted by atomic mass is 9.92. The van der Waals surface area contributed by atoms with Gasteiger partial charge in [-0.2, -0.15) is 0 Å². The fourth-order valence-electron chi connectivity index (χ4n) is 4.81. The lowest BCUT2D eigenvalue weighted by molar-refractivity contribution is -0.157. The van der Waals surface area contributed by atoms with Crippen molar-refractivity contribution in [2.75, 3.05) is 7.05 Å². The third kappa shape index (κ3) is 2.65. The van der Waals surface area contributed by atoms with Crippen molar-refractivity contribution in [2.45, 2.75) is 46.2 Å². The first-order chi connectivity index (χ1) is 14.9. The fourth-order valence-corrected chi connectivity index (χ4v) is 4.81. The van der Waals surface area contributed by atoms with E-state index >= 15 is 0 Å². The van der Waals surface area contributed by atoms with Gasteiger partial charge in [0.25, 0.3) is 5.56 Å². The Labute approximate surface area is 178 Å². The minimum atomic E-state index is -1.46.